The molecular formula is C17H12Cl2NO2-. The number of hydrogen-bond acceptors (Lipinski definition) is 2. The van der Waals surface area contributed by atoms with Crippen LogP contribution in [0.4, 0.5) is 0 Å². The third-order valence-corrected chi connectivity index (χ3v) is 4.45. The summed E-state index contributed by atoms with van der Waals surface area (Å²) < 4.78 is 0. The fourth-order valence-electron chi connectivity index (χ4n) is 2.69. The maximum atomic E-state index is 11.2. The van der Waals surface area contributed by atoms with Crippen LogP contribution in [-0.4, -0.2) is 11.0 Å². The minimum atomic E-state index is -1.11. The summed E-state index contributed by atoms with van der Waals surface area (Å²) in [7, 11) is 0. The number of carboxylic acids is 1. The van der Waals surface area contributed by atoms with Crippen molar-refractivity contribution in [1.29, 1.82) is 0 Å². The molecule has 0 aliphatic carbocycles. The second kappa shape index (κ2) is 6.03. The molecule has 0 bridgehead atoms. The minimum Gasteiger partial charge on any atom is -0.550 e. The topological polar surface area (TPSA) is 55.9 Å². The lowest BCUT2D eigenvalue weighted by Gasteiger charge is -2.18. The van der Waals surface area contributed by atoms with Crippen LogP contribution in [0.5, 0.6) is 0 Å². The van der Waals surface area contributed by atoms with Gasteiger partial charge in [-0.15, -0.1) is 0 Å². The lowest BCUT2D eigenvalue weighted by atomic mass is 9.88. The highest BCUT2D eigenvalue weighted by Gasteiger charge is 2.19. The first kappa shape index (κ1) is 14.9. The number of benzene rings is 2. The Hall–Kier alpha value is -1.97. The van der Waals surface area contributed by atoms with Crippen molar-refractivity contribution in [2.24, 2.45) is 0 Å². The monoisotopic (exact) mass is 332 g/mol. The van der Waals surface area contributed by atoms with Crippen molar-refractivity contribution in [1.82, 2.24) is 4.98 Å². The maximum absolute atomic E-state index is 11.2. The molecular weight excluding hydrogens is 321 g/mol. The Balaban J connectivity index is 2.13. The van der Waals surface area contributed by atoms with Crippen molar-refractivity contribution in [3.63, 3.8) is 0 Å². The fourth-order valence-corrected chi connectivity index (χ4v) is 2.99. The molecule has 0 amide bonds. The van der Waals surface area contributed by atoms with E-state index in [4.69, 9.17) is 23.2 Å². The quantitative estimate of drug-likeness (QED) is 0.791. The van der Waals surface area contributed by atoms with Crippen molar-refractivity contribution in [3.8, 4) is 0 Å². The van der Waals surface area contributed by atoms with Gasteiger partial charge in [0.05, 0.1) is 10.0 Å². The number of rotatable bonds is 4. The zero-order valence-electron chi connectivity index (χ0n) is 11.5. The smallest absolute Gasteiger partial charge is 0.0595 e. The van der Waals surface area contributed by atoms with Crippen molar-refractivity contribution < 1.29 is 9.90 Å². The van der Waals surface area contributed by atoms with Gasteiger partial charge in [0.1, 0.15) is 0 Å². The number of aromatic amines is 1. The summed E-state index contributed by atoms with van der Waals surface area (Å²) in [5, 5.41) is 13.0. The van der Waals surface area contributed by atoms with Crippen LogP contribution >= 0.6 is 23.2 Å². The van der Waals surface area contributed by atoms with Crippen LogP contribution in [-0.2, 0) is 4.79 Å². The van der Waals surface area contributed by atoms with E-state index in [0.717, 1.165) is 22.0 Å². The molecule has 3 nitrogen and oxygen atoms in total. The SMILES string of the molecule is O=C([O-])C[C@H](c1ccc(Cl)c(Cl)c1)c1c[nH]c2ccccc12. The number of carboxylic acid groups (broad SMARTS) is 1. The van der Waals surface area contributed by atoms with Gasteiger partial charge in [0.2, 0.25) is 0 Å². The van der Waals surface area contributed by atoms with Crippen molar-refractivity contribution in [2.45, 2.75) is 12.3 Å². The third kappa shape index (κ3) is 2.82. The third-order valence-electron chi connectivity index (χ3n) is 3.71. The first-order valence-electron chi connectivity index (χ1n) is 6.77. The predicted octanol–water partition coefficient (Wildman–Crippen LogP) is 3.75. The summed E-state index contributed by atoms with van der Waals surface area (Å²) in [4.78, 5) is 14.4. The number of halogens is 2. The average molecular weight is 333 g/mol. The van der Waals surface area contributed by atoms with Crippen molar-refractivity contribution in [3.05, 3.63) is 69.8 Å². The molecule has 1 aromatic heterocycles. The Labute approximate surface area is 137 Å². The molecule has 5 heteroatoms. The molecule has 1 N–H and O–H groups in total. The predicted molar refractivity (Wildman–Crippen MR) is 86.2 cm³/mol. The van der Waals surface area contributed by atoms with Crippen molar-refractivity contribution in [2.75, 3.05) is 0 Å². The molecule has 1 heterocycles. The molecule has 0 radical (unpaired) electrons. The lowest BCUT2D eigenvalue weighted by Crippen LogP contribution is -2.24. The number of aromatic nitrogens is 1. The molecule has 3 aromatic rings. The Kier molecular flexibility index (Phi) is 4.10. The van der Waals surface area contributed by atoms with E-state index in [1.807, 2.05) is 30.5 Å². The number of para-hydroxylation sites is 1. The molecule has 2 aromatic carbocycles. The standard InChI is InChI=1S/C17H13Cl2NO2/c18-14-6-5-10(7-15(14)19)12(8-17(21)22)13-9-20-16-4-2-1-3-11(13)16/h1-7,9,12,20H,8H2,(H,21,22)/p-1/t12-/m1/s1. The van der Waals surface area contributed by atoms with Gasteiger partial charge in [-0.25, -0.2) is 0 Å². The van der Waals surface area contributed by atoms with Gasteiger partial charge in [-0.1, -0.05) is 47.5 Å². The summed E-state index contributed by atoms with van der Waals surface area (Å²) >= 11 is 12.0. The molecule has 0 saturated heterocycles. The van der Waals surface area contributed by atoms with Gasteiger partial charge in [-0.05, 0) is 35.7 Å². The Morgan fingerprint density at radius 3 is 2.64 bits per heavy atom. The van der Waals surface area contributed by atoms with Crippen molar-refractivity contribution >= 4 is 40.1 Å². The Bertz CT molecular complexity index is 842. The van der Waals surface area contributed by atoms with E-state index in [2.05, 4.69) is 4.98 Å². The molecule has 1 atom stereocenters. The zero-order chi connectivity index (χ0) is 15.7. The van der Waals surface area contributed by atoms with E-state index >= 15 is 0 Å². The highest BCUT2D eigenvalue weighted by molar-refractivity contribution is 6.42. The molecule has 0 aliphatic rings. The molecule has 3 rings (SSSR count). The molecule has 22 heavy (non-hydrogen) atoms. The molecule has 0 spiro atoms. The molecule has 0 unspecified atom stereocenters. The summed E-state index contributed by atoms with van der Waals surface area (Å²) in [6.45, 7) is 0. The highest BCUT2D eigenvalue weighted by Crippen LogP contribution is 2.35. The van der Waals surface area contributed by atoms with Gasteiger partial charge in [0.25, 0.3) is 0 Å². The summed E-state index contributed by atoms with van der Waals surface area (Å²) in [6.07, 6.45) is 1.71. The zero-order valence-corrected chi connectivity index (χ0v) is 13.0. The number of nitrogens with one attached hydrogen (secondary N) is 1. The second-order valence-corrected chi connectivity index (χ2v) is 5.91. The van der Waals surface area contributed by atoms with Crippen LogP contribution in [0.1, 0.15) is 23.5 Å². The van der Waals surface area contributed by atoms with Gasteiger partial charge >= 0.3 is 0 Å². The van der Waals surface area contributed by atoms with Crippen LogP contribution in [0.2, 0.25) is 10.0 Å². The van der Waals surface area contributed by atoms with E-state index in [1.54, 1.807) is 18.2 Å². The van der Waals surface area contributed by atoms with Crippen LogP contribution in [0.3, 0.4) is 0 Å². The maximum Gasteiger partial charge on any atom is 0.0595 e. The number of aliphatic carboxylic acids is 1. The second-order valence-electron chi connectivity index (χ2n) is 5.09. The first-order chi connectivity index (χ1) is 10.6. The van der Waals surface area contributed by atoms with E-state index < -0.39 is 5.97 Å². The summed E-state index contributed by atoms with van der Waals surface area (Å²) in [5.41, 5.74) is 2.66. The largest absolute Gasteiger partial charge is 0.550 e. The normalized spacial score (nSPS) is 12.5. The van der Waals surface area contributed by atoms with Gasteiger partial charge in [-0.3, -0.25) is 0 Å². The number of carbonyl (C=O) groups excluding carboxylic acids is 1. The fraction of sp³-hybridized carbons (Fsp3) is 0.118. The van der Waals surface area contributed by atoms with E-state index in [9.17, 15) is 9.90 Å². The van der Waals surface area contributed by atoms with Gasteiger partial charge < -0.3 is 14.9 Å². The van der Waals surface area contributed by atoms with Gasteiger partial charge in [-0.2, -0.15) is 0 Å². The first-order valence-corrected chi connectivity index (χ1v) is 7.52. The lowest BCUT2D eigenvalue weighted by molar-refractivity contribution is -0.305. The van der Waals surface area contributed by atoms with E-state index in [1.165, 1.54) is 0 Å². The summed E-state index contributed by atoms with van der Waals surface area (Å²) in [6, 6.07) is 12.9. The number of hydrogen-bond donors (Lipinski definition) is 1. The number of H-pyrrole nitrogens is 1. The van der Waals surface area contributed by atoms with Crippen LogP contribution in [0.25, 0.3) is 10.9 Å². The number of carbonyl (C=O) groups is 1. The summed E-state index contributed by atoms with van der Waals surface area (Å²) in [5.74, 6) is -1.46. The molecule has 0 fully saturated rings. The van der Waals surface area contributed by atoms with Crippen LogP contribution < -0.4 is 5.11 Å². The Morgan fingerprint density at radius 1 is 1.14 bits per heavy atom. The highest BCUT2D eigenvalue weighted by atomic mass is 35.5. The van der Waals surface area contributed by atoms with Crippen LogP contribution in [0, 0.1) is 0 Å². The van der Waals surface area contributed by atoms with Gasteiger partial charge in [0, 0.05) is 29.0 Å². The Morgan fingerprint density at radius 2 is 1.91 bits per heavy atom. The number of fused-ring (bicyclic) bond motifs is 1. The van der Waals surface area contributed by atoms with Gasteiger partial charge in [0.15, 0.2) is 0 Å². The minimum absolute atomic E-state index is 0.125. The molecule has 0 aliphatic heterocycles. The molecule has 0 saturated carbocycles. The van der Waals surface area contributed by atoms with E-state index in [-0.39, 0.29) is 12.3 Å². The van der Waals surface area contributed by atoms with Crippen LogP contribution in [0.15, 0.2) is 48.7 Å². The van der Waals surface area contributed by atoms with E-state index in [0.29, 0.717) is 10.0 Å². The molecule has 112 valence electrons. The average Bonchev–Trinajstić information content (AvgIpc) is 2.91.